The number of carbonyl (C=O) groups excluding carboxylic acids is 1. The molecule has 3 N–H and O–H groups in total. The van der Waals surface area contributed by atoms with Crippen LogP contribution in [0.25, 0.3) is 0 Å². The fraction of sp³-hybridized carbons (Fsp3) is 0.583. The normalized spacial score (nSPS) is 25.1. The van der Waals surface area contributed by atoms with E-state index in [9.17, 15) is 9.59 Å². The Morgan fingerprint density at radius 2 is 1.87 bits per heavy atom. The van der Waals surface area contributed by atoms with E-state index in [-0.39, 0.29) is 12.3 Å². The first-order chi connectivity index (χ1) is 14.6. The van der Waals surface area contributed by atoms with Gasteiger partial charge in [0.1, 0.15) is 0 Å². The van der Waals surface area contributed by atoms with Crippen molar-refractivity contribution in [3.63, 3.8) is 0 Å². The number of aliphatic carboxylic acids is 1. The number of carboxylic acid groups (broad SMARTS) is 1. The van der Waals surface area contributed by atoms with Crippen molar-refractivity contribution in [1.82, 2.24) is 10.6 Å². The van der Waals surface area contributed by atoms with Gasteiger partial charge in [-0.2, -0.15) is 0 Å². The lowest BCUT2D eigenvalue weighted by Gasteiger charge is -2.27. The molecule has 1 aromatic rings. The number of allylic oxidation sites excluding steroid dienone is 2. The Hall–Kier alpha value is -2.18. The zero-order chi connectivity index (χ0) is 21.2. The first-order valence-corrected chi connectivity index (χ1v) is 11.2. The molecule has 2 bridgehead atoms. The molecule has 6 heteroatoms. The maximum atomic E-state index is 12.0. The summed E-state index contributed by atoms with van der Waals surface area (Å²) in [5.41, 5.74) is 1.10. The number of carbonyl (C=O) groups is 2. The Bertz CT molecular complexity index is 706. The number of amides is 1. The minimum atomic E-state index is -0.730. The van der Waals surface area contributed by atoms with Crippen molar-refractivity contribution < 1.29 is 19.4 Å². The SMILES string of the molecule is O=C(O)CCC/C=C\C[C@@H]1[C@@H](CCNCC(=O)NCc2ccccc2)[C@@H]2CC[C@H]1O2. The predicted molar refractivity (Wildman–Crippen MR) is 116 cm³/mol. The van der Waals surface area contributed by atoms with E-state index in [1.807, 2.05) is 30.3 Å². The molecule has 4 atom stereocenters. The molecule has 2 aliphatic rings. The Morgan fingerprint density at radius 3 is 2.63 bits per heavy atom. The van der Waals surface area contributed by atoms with E-state index in [1.165, 1.54) is 0 Å². The van der Waals surface area contributed by atoms with E-state index in [1.54, 1.807) is 0 Å². The van der Waals surface area contributed by atoms with Crippen LogP contribution >= 0.6 is 0 Å². The van der Waals surface area contributed by atoms with Gasteiger partial charge < -0.3 is 20.5 Å². The van der Waals surface area contributed by atoms with Crippen molar-refractivity contribution >= 4 is 11.9 Å². The second kappa shape index (κ2) is 11.9. The highest BCUT2D eigenvalue weighted by Gasteiger charge is 2.47. The van der Waals surface area contributed by atoms with Gasteiger partial charge in [-0.1, -0.05) is 42.5 Å². The molecular weight excluding hydrogens is 380 g/mol. The van der Waals surface area contributed by atoms with Crippen LogP contribution in [-0.2, 0) is 20.9 Å². The van der Waals surface area contributed by atoms with Crippen LogP contribution in [0.3, 0.4) is 0 Å². The summed E-state index contributed by atoms with van der Waals surface area (Å²) in [6, 6.07) is 9.92. The minimum absolute atomic E-state index is 0.0175. The van der Waals surface area contributed by atoms with Crippen molar-refractivity contribution in [2.24, 2.45) is 11.8 Å². The van der Waals surface area contributed by atoms with E-state index in [2.05, 4.69) is 22.8 Å². The predicted octanol–water partition coefficient (Wildman–Crippen LogP) is 3.28. The third kappa shape index (κ3) is 6.96. The van der Waals surface area contributed by atoms with Gasteiger partial charge in [-0.3, -0.25) is 9.59 Å². The molecule has 2 aliphatic heterocycles. The van der Waals surface area contributed by atoms with Gasteiger partial charge in [-0.15, -0.1) is 0 Å². The second-order valence-electron chi connectivity index (χ2n) is 8.34. The van der Waals surface area contributed by atoms with Crippen LogP contribution in [0.4, 0.5) is 0 Å². The van der Waals surface area contributed by atoms with Crippen molar-refractivity contribution in [1.29, 1.82) is 0 Å². The van der Waals surface area contributed by atoms with Crippen LogP contribution in [-0.4, -0.2) is 42.3 Å². The lowest BCUT2D eigenvalue weighted by Crippen LogP contribution is -2.36. The number of ether oxygens (including phenoxy) is 1. The highest BCUT2D eigenvalue weighted by molar-refractivity contribution is 5.77. The van der Waals surface area contributed by atoms with E-state index in [0.29, 0.717) is 43.6 Å². The fourth-order valence-electron chi connectivity index (χ4n) is 4.67. The standard InChI is InChI=1S/C24H34N2O4/c27-23(26-16-18-8-4-3-5-9-18)17-25-15-14-20-19(21-12-13-22(20)30-21)10-6-1-2-7-11-24(28)29/h1,3-6,8-9,19-22,25H,2,7,10-17H2,(H,26,27)(H,28,29)/b6-1-/t19-,20-,21-,22+/m1/s1. The van der Waals surface area contributed by atoms with E-state index in [4.69, 9.17) is 9.84 Å². The van der Waals surface area contributed by atoms with Crippen molar-refractivity contribution in [2.75, 3.05) is 13.1 Å². The Balaban J connectivity index is 1.32. The number of benzene rings is 1. The molecule has 2 heterocycles. The minimum Gasteiger partial charge on any atom is -0.481 e. The summed E-state index contributed by atoms with van der Waals surface area (Å²) in [4.78, 5) is 22.6. The van der Waals surface area contributed by atoms with Gasteiger partial charge in [0.05, 0.1) is 18.8 Å². The highest BCUT2D eigenvalue weighted by Crippen LogP contribution is 2.46. The molecule has 1 aromatic carbocycles. The van der Waals surface area contributed by atoms with Gasteiger partial charge in [-0.05, 0) is 62.5 Å². The van der Waals surface area contributed by atoms with Crippen LogP contribution in [0.5, 0.6) is 0 Å². The molecule has 3 rings (SSSR count). The third-order valence-corrected chi connectivity index (χ3v) is 6.20. The van der Waals surface area contributed by atoms with Crippen LogP contribution in [0.2, 0.25) is 0 Å². The maximum Gasteiger partial charge on any atom is 0.303 e. The molecule has 6 nitrogen and oxygen atoms in total. The number of carboxylic acids is 1. The number of unbranched alkanes of at least 4 members (excludes halogenated alkanes) is 1. The summed E-state index contributed by atoms with van der Waals surface area (Å²) < 4.78 is 6.15. The lowest BCUT2D eigenvalue weighted by molar-refractivity contribution is -0.137. The highest BCUT2D eigenvalue weighted by atomic mass is 16.5. The molecule has 2 fully saturated rings. The smallest absolute Gasteiger partial charge is 0.303 e. The van der Waals surface area contributed by atoms with Crippen molar-refractivity contribution in [3.8, 4) is 0 Å². The zero-order valence-corrected chi connectivity index (χ0v) is 17.6. The van der Waals surface area contributed by atoms with Gasteiger partial charge in [-0.25, -0.2) is 0 Å². The molecule has 0 saturated carbocycles. The summed E-state index contributed by atoms with van der Waals surface area (Å²) in [6.07, 6.45) is 11.1. The summed E-state index contributed by atoms with van der Waals surface area (Å²) in [7, 11) is 0. The summed E-state index contributed by atoms with van der Waals surface area (Å²) in [6.45, 7) is 1.71. The maximum absolute atomic E-state index is 12.0. The van der Waals surface area contributed by atoms with Crippen molar-refractivity contribution in [2.45, 2.75) is 63.7 Å². The van der Waals surface area contributed by atoms with Gasteiger partial charge in [0.2, 0.25) is 5.91 Å². The number of nitrogens with one attached hydrogen (secondary N) is 2. The third-order valence-electron chi connectivity index (χ3n) is 6.20. The zero-order valence-electron chi connectivity index (χ0n) is 17.6. The number of hydrogen-bond donors (Lipinski definition) is 3. The molecule has 0 aromatic heterocycles. The topological polar surface area (TPSA) is 87.7 Å². The first kappa shape index (κ1) is 22.5. The molecule has 1 amide bonds. The monoisotopic (exact) mass is 414 g/mol. The van der Waals surface area contributed by atoms with Crippen molar-refractivity contribution in [3.05, 3.63) is 48.0 Å². The molecular formula is C24H34N2O4. The van der Waals surface area contributed by atoms with Crippen LogP contribution in [0.1, 0.15) is 50.5 Å². The molecule has 30 heavy (non-hydrogen) atoms. The van der Waals surface area contributed by atoms with E-state index < -0.39 is 5.97 Å². The Morgan fingerprint density at radius 1 is 1.10 bits per heavy atom. The van der Waals surface area contributed by atoms with Crippen LogP contribution in [0.15, 0.2) is 42.5 Å². The number of hydrogen-bond acceptors (Lipinski definition) is 4. The summed E-state index contributed by atoms with van der Waals surface area (Å²) >= 11 is 0. The van der Waals surface area contributed by atoms with Crippen LogP contribution in [0, 0.1) is 11.8 Å². The van der Waals surface area contributed by atoms with E-state index >= 15 is 0 Å². The molecule has 0 unspecified atom stereocenters. The summed E-state index contributed by atoms with van der Waals surface area (Å²) in [5.74, 6) is 0.357. The van der Waals surface area contributed by atoms with Gasteiger partial charge in [0.25, 0.3) is 0 Å². The first-order valence-electron chi connectivity index (χ1n) is 11.2. The average Bonchev–Trinajstić information content (AvgIpc) is 3.35. The van der Waals surface area contributed by atoms with Gasteiger partial charge in [0, 0.05) is 13.0 Å². The molecule has 164 valence electrons. The molecule has 2 saturated heterocycles. The second-order valence-corrected chi connectivity index (χ2v) is 8.34. The number of fused-ring (bicyclic) bond motifs is 2. The Labute approximate surface area is 179 Å². The lowest BCUT2D eigenvalue weighted by atomic mass is 9.76. The molecule has 0 spiro atoms. The summed E-state index contributed by atoms with van der Waals surface area (Å²) in [5, 5.41) is 14.9. The number of rotatable bonds is 13. The average molecular weight is 415 g/mol. The quantitative estimate of drug-likeness (QED) is 0.341. The van der Waals surface area contributed by atoms with Gasteiger partial charge in [0.15, 0.2) is 0 Å². The molecule has 0 radical (unpaired) electrons. The Kier molecular flexibility index (Phi) is 8.90. The van der Waals surface area contributed by atoms with Gasteiger partial charge >= 0.3 is 5.97 Å². The largest absolute Gasteiger partial charge is 0.481 e. The van der Waals surface area contributed by atoms with Crippen LogP contribution < -0.4 is 10.6 Å². The molecule has 0 aliphatic carbocycles. The van der Waals surface area contributed by atoms with E-state index in [0.717, 1.165) is 44.2 Å². The fourth-order valence-corrected chi connectivity index (χ4v) is 4.67.